The second-order valence-corrected chi connectivity index (χ2v) is 6.96. The smallest absolute Gasteiger partial charge is 0.229 e. The number of hydrogen-bond acceptors (Lipinski definition) is 3. The van der Waals surface area contributed by atoms with Gasteiger partial charge in [-0.1, -0.05) is 44.2 Å². The SMILES string of the molecule is CCC(C)c1ccccc1N1CC(C(=O)Nc2ccccc2OC)CC1=O. The average Bonchev–Trinajstić information content (AvgIpc) is 3.09. The van der Waals surface area contributed by atoms with E-state index < -0.39 is 0 Å². The second kappa shape index (κ2) is 8.25. The molecule has 2 unspecified atom stereocenters. The molecule has 1 N–H and O–H groups in total. The minimum atomic E-state index is -0.382. The molecule has 142 valence electrons. The maximum absolute atomic E-state index is 12.7. The van der Waals surface area contributed by atoms with Gasteiger partial charge in [0.15, 0.2) is 0 Å². The highest BCUT2D eigenvalue weighted by atomic mass is 16.5. The van der Waals surface area contributed by atoms with Gasteiger partial charge in [0.25, 0.3) is 0 Å². The van der Waals surface area contributed by atoms with Crippen LogP contribution in [0.25, 0.3) is 0 Å². The predicted molar refractivity (Wildman–Crippen MR) is 107 cm³/mol. The number of amides is 2. The lowest BCUT2D eigenvalue weighted by atomic mass is 9.96. The van der Waals surface area contributed by atoms with E-state index >= 15 is 0 Å². The summed E-state index contributed by atoms with van der Waals surface area (Å²) in [4.78, 5) is 27.1. The van der Waals surface area contributed by atoms with Crippen LogP contribution in [0.4, 0.5) is 11.4 Å². The maximum Gasteiger partial charge on any atom is 0.229 e. The third-order valence-corrected chi connectivity index (χ3v) is 5.23. The van der Waals surface area contributed by atoms with E-state index in [1.54, 1.807) is 24.1 Å². The molecule has 2 amide bonds. The highest BCUT2D eigenvalue weighted by Crippen LogP contribution is 2.34. The van der Waals surface area contributed by atoms with Crippen LogP contribution < -0.4 is 15.0 Å². The zero-order valence-corrected chi connectivity index (χ0v) is 16.1. The van der Waals surface area contributed by atoms with E-state index in [0.29, 0.717) is 23.9 Å². The highest BCUT2D eigenvalue weighted by molar-refractivity contribution is 6.04. The molecule has 0 aromatic heterocycles. The fourth-order valence-corrected chi connectivity index (χ4v) is 3.47. The molecule has 27 heavy (non-hydrogen) atoms. The normalized spacial score (nSPS) is 17.7. The molecule has 5 nitrogen and oxygen atoms in total. The van der Waals surface area contributed by atoms with Gasteiger partial charge in [0, 0.05) is 18.7 Å². The molecule has 3 rings (SSSR count). The number of carbonyl (C=O) groups excluding carboxylic acids is 2. The summed E-state index contributed by atoms with van der Waals surface area (Å²) in [7, 11) is 1.57. The Kier molecular flexibility index (Phi) is 5.79. The predicted octanol–water partition coefficient (Wildman–Crippen LogP) is 4.20. The lowest BCUT2D eigenvalue weighted by Crippen LogP contribution is -2.29. The Morgan fingerprint density at radius 1 is 1.22 bits per heavy atom. The van der Waals surface area contributed by atoms with Crippen LogP contribution in [0.5, 0.6) is 5.75 Å². The van der Waals surface area contributed by atoms with Crippen LogP contribution in [0.15, 0.2) is 48.5 Å². The lowest BCUT2D eigenvalue weighted by molar-refractivity contribution is -0.122. The summed E-state index contributed by atoms with van der Waals surface area (Å²) in [5, 5.41) is 2.90. The summed E-state index contributed by atoms with van der Waals surface area (Å²) >= 11 is 0. The molecule has 1 heterocycles. The first kappa shape index (κ1) is 19.0. The first-order valence-electron chi connectivity index (χ1n) is 9.38. The molecular weight excluding hydrogens is 340 g/mol. The van der Waals surface area contributed by atoms with Crippen molar-refractivity contribution in [1.82, 2.24) is 0 Å². The van der Waals surface area contributed by atoms with Crippen molar-refractivity contribution in [3.05, 3.63) is 54.1 Å². The maximum atomic E-state index is 12.7. The monoisotopic (exact) mass is 366 g/mol. The summed E-state index contributed by atoms with van der Waals surface area (Å²) in [6.45, 7) is 4.69. The Hall–Kier alpha value is -2.82. The van der Waals surface area contributed by atoms with Crippen molar-refractivity contribution in [2.45, 2.75) is 32.6 Å². The standard InChI is InChI=1S/C22H26N2O3/c1-4-15(2)17-9-5-7-11-19(17)24-14-16(13-21(24)25)22(26)23-18-10-6-8-12-20(18)27-3/h5-12,15-16H,4,13-14H2,1-3H3,(H,23,26). The summed E-state index contributed by atoms with van der Waals surface area (Å²) in [6.07, 6.45) is 1.21. The first-order valence-corrected chi connectivity index (χ1v) is 9.38. The molecule has 1 saturated heterocycles. The molecule has 5 heteroatoms. The van der Waals surface area contributed by atoms with E-state index in [1.807, 2.05) is 30.3 Å². The van der Waals surface area contributed by atoms with Gasteiger partial charge in [0.2, 0.25) is 11.8 Å². The van der Waals surface area contributed by atoms with E-state index in [1.165, 1.54) is 0 Å². The highest BCUT2D eigenvalue weighted by Gasteiger charge is 2.36. The van der Waals surface area contributed by atoms with Crippen molar-refractivity contribution in [2.75, 3.05) is 23.9 Å². The number of ether oxygens (including phenoxy) is 1. The van der Waals surface area contributed by atoms with Crippen molar-refractivity contribution in [3.8, 4) is 5.75 Å². The molecule has 0 saturated carbocycles. The largest absolute Gasteiger partial charge is 0.495 e. The van der Waals surface area contributed by atoms with Crippen LogP contribution in [0, 0.1) is 5.92 Å². The van der Waals surface area contributed by atoms with E-state index in [2.05, 4.69) is 25.2 Å². The number of nitrogens with one attached hydrogen (secondary N) is 1. The zero-order valence-electron chi connectivity index (χ0n) is 16.1. The summed E-state index contributed by atoms with van der Waals surface area (Å²) in [5.41, 5.74) is 2.69. The minimum absolute atomic E-state index is 0.00840. The first-order chi connectivity index (χ1) is 13.0. The Morgan fingerprint density at radius 2 is 1.93 bits per heavy atom. The molecule has 1 aliphatic heterocycles. The Morgan fingerprint density at radius 3 is 2.67 bits per heavy atom. The Labute approximate surface area is 160 Å². The number of nitrogens with zero attached hydrogens (tertiary/aromatic N) is 1. The summed E-state index contributed by atoms with van der Waals surface area (Å²) < 4.78 is 5.28. The van der Waals surface area contributed by atoms with Crippen molar-refractivity contribution >= 4 is 23.2 Å². The number of methoxy groups -OCH3 is 1. The molecular formula is C22H26N2O3. The molecule has 0 bridgehead atoms. The summed E-state index contributed by atoms with van der Waals surface area (Å²) in [5.74, 6) is 0.416. The van der Waals surface area contributed by atoms with Gasteiger partial charge in [-0.05, 0) is 36.1 Å². The van der Waals surface area contributed by atoms with Crippen LogP contribution in [0.3, 0.4) is 0 Å². The van der Waals surface area contributed by atoms with E-state index in [9.17, 15) is 9.59 Å². The second-order valence-electron chi connectivity index (χ2n) is 6.96. The minimum Gasteiger partial charge on any atom is -0.495 e. The topological polar surface area (TPSA) is 58.6 Å². The van der Waals surface area contributed by atoms with Crippen LogP contribution in [-0.2, 0) is 9.59 Å². The molecule has 0 spiro atoms. The number of carbonyl (C=O) groups is 2. The molecule has 1 aliphatic rings. The van der Waals surface area contributed by atoms with Gasteiger partial charge in [-0.3, -0.25) is 9.59 Å². The van der Waals surface area contributed by atoms with Crippen molar-refractivity contribution < 1.29 is 14.3 Å². The number of anilines is 2. The molecule has 0 aliphatic carbocycles. The van der Waals surface area contributed by atoms with Crippen LogP contribution >= 0.6 is 0 Å². The lowest BCUT2D eigenvalue weighted by Gasteiger charge is -2.23. The average molecular weight is 366 g/mol. The van der Waals surface area contributed by atoms with Crippen molar-refractivity contribution in [3.63, 3.8) is 0 Å². The van der Waals surface area contributed by atoms with E-state index in [-0.39, 0.29) is 24.2 Å². The van der Waals surface area contributed by atoms with E-state index in [0.717, 1.165) is 17.7 Å². The van der Waals surface area contributed by atoms with Crippen LogP contribution in [0.1, 0.15) is 38.2 Å². The van der Waals surface area contributed by atoms with Gasteiger partial charge in [0.1, 0.15) is 5.75 Å². The van der Waals surface area contributed by atoms with Gasteiger partial charge >= 0.3 is 0 Å². The summed E-state index contributed by atoms with van der Waals surface area (Å²) in [6, 6.07) is 15.3. The third kappa shape index (κ3) is 3.97. The van der Waals surface area contributed by atoms with Gasteiger partial charge in [-0.15, -0.1) is 0 Å². The fraction of sp³-hybridized carbons (Fsp3) is 0.364. The van der Waals surface area contributed by atoms with E-state index in [4.69, 9.17) is 4.74 Å². The van der Waals surface area contributed by atoms with Gasteiger partial charge < -0.3 is 15.0 Å². The zero-order chi connectivity index (χ0) is 19.4. The molecule has 0 radical (unpaired) electrons. The third-order valence-electron chi connectivity index (χ3n) is 5.23. The molecule has 2 aromatic rings. The number of para-hydroxylation sites is 3. The number of hydrogen-bond donors (Lipinski definition) is 1. The molecule has 1 fully saturated rings. The fourth-order valence-electron chi connectivity index (χ4n) is 3.47. The number of benzene rings is 2. The quantitative estimate of drug-likeness (QED) is 0.833. The molecule has 2 atom stereocenters. The molecule has 2 aromatic carbocycles. The van der Waals surface area contributed by atoms with Crippen molar-refractivity contribution in [2.24, 2.45) is 5.92 Å². The Balaban J connectivity index is 1.77. The van der Waals surface area contributed by atoms with Crippen LogP contribution in [0.2, 0.25) is 0 Å². The Bertz CT molecular complexity index is 834. The number of rotatable bonds is 6. The van der Waals surface area contributed by atoms with Gasteiger partial charge in [-0.25, -0.2) is 0 Å². The van der Waals surface area contributed by atoms with Gasteiger partial charge in [-0.2, -0.15) is 0 Å². The van der Waals surface area contributed by atoms with Crippen molar-refractivity contribution in [1.29, 1.82) is 0 Å². The van der Waals surface area contributed by atoms with Gasteiger partial charge in [0.05, 0.1) is 18.7 Å². The van der Waals surface area contributed by atoms with Crippen LogP contribution in [-0.4, -0.2) is 25.5 Å².